The Bertz CT molecular complexity index is 687. The predicted octanol–water partition coefficient (Wildman–Crippen LogP) is 3.55. The molecule has 4 aliphatic rings. The van der Waals surface area contributed by atoms with Crippen LogP contribution in [0.15, 0.2) is 24.3 Å². The number of amides is 1. The molecule has 4 nitrogen and oxygen atoms in total. The number of nitrogens with one attached hydrogen (secondary N) is 1. The summed E-state index contributed by atoms with van der Waals surface area (Å²) in [4.78, 5) is 13.1. The topological polar surface area (TPSA) is 69.6 Å². The van der Waals surface area contributed by atoms with Crippen molar-refractivity contribution in [1.82, 2.24) is 5.32 Å². The molecule has 4 saturated carbocycles. The highest BCUT2D eigenvalue weighted by atomic mass is 16.3. The van der Waals surface area contributed by atoms with Crippen LogP contribution in [-0.4, -0.2) is 28.3 Å². The number of phenols is 1. The quantitative estimate of drug-likeness (QED) is 0.682. The number of phenolic OH excluding ortho intramolecular Hbond substituents is 1. The van der Waals surface area contributed by atoms with Crippen molar-refractivity contribution in [1.29, 1.82) is 0 Å². The van der Waals surface area contributed by atoms with E-state index < -0.39 is 5.60 Å². The third-order valence-corrected chi connectivity index (χ3v) is 7.25. The summed E-state index contributed by atoms with van der Waals surface area (Å²) in [7, 11) is 0. The number of carbonyl (C=O) groups is 1. The molecule has 1 amide bonds. The maximum Gasteiger partial charge on any atom is 0.226 e. The lowest BCUT2D eigenvalue weighted by molar-refractivity contribution is -0.204. The SMILES string of the molecule is CC[C@@]12C[C@H]3C[C@@](O)(C1)C[C@@](C(=O)NCCCc1ccc(O)cc1)(C3)C2. The molecule has 4 atom stereocenters. The normalized spacial score (nSPS) is 37.7. The molecular weight excluding hydrogens is 326 g/mol. The molecule has 142 valence electrons. The zero-order valence-corrected chi connectivity index (χ0v) is 15.8. The van der Waals surface area contributed by atoms with E-state index >= 15 is 0 Å². The van der Waals surface area contributed by atoms with Crippen molar-refractivity contribution in [2.75, 3.05) is 6.54 Å². The molecule has 0 spiro atoms. The van der Waals surface area contributed by atoms with Crippen molar-refractivity contribution in [3.8, 4) is 5.75 Å². The van der Waals surface area contributed by atoms with Crippen molar-refractivity contribution in [3.63, 3.8) is 0 Å². The molecule has 1 aromatic rings. The molecule has 5 rings (SSSR count). The van der Waals surface area contributed by atoms with Gasteiger partial charge in [0.15, 0.2) is 0 Å². The lowest BCUT2D eigenvalue weighted by Gasteiger charge is -2.64. The van der Waals surface area contributed by atoms with Gasteiger partial charge in [0.2, 0.25) is 5.91 Å². The number of aryl methyl sites for hydroxylation is 1. The van der Waals surface area contributed by atoms with Gasteiger partial charge in [0.05, 0.1) is 11.0 Å². The fourth-order valence-corrected chi connectivity index (χ4v) is 6.58. The zero-order chi connectivity index (χ0) is 18.4. The predicted molar refractivity (Wildman–Crippen MR) is 101 cm³/mol. The number of aromatic hydroxyl groups is 1. The van der Waals surface area contributed by atoms with Crippen molar-refractivity contribution < 1.29 is 15.0 Å². The highest BCUT2D eigenvalue weighted by molar-refractivity contribution is 5.83. The second-order valence-corrected chi connectivity index (χ2v) is 9.39. The number of benzene rings is 1. The Labute approximate surface area is 156 Å². The Morgan fingerprint density at radius 2 is 1.92 bits per heavy atom. The maximum atomic E-state index is 13.1. The molecule has 4 aliphatic carbocycles. The first-order valence-corrected chi connectivity index (χ1v) is 10.1. The molecular formula is C22H31NO3. The van der Waals surface area contributed by atoms with Crippen LogP contribution < -0.4 is 5.32 Å². The first kappa shape index (κ1) is 17.8. The Balaban J connectivity index is 1.36. The number of hydrogen-bond acceptors (Lipinski definition) is 3. The first-order valence-electron chi connectivity index (χ1n) is 10.1. The highest BCUT2D eigenvalue weighted by Crippen LogP contribution is 2.67. The Hall–Kier alpha value is -1.55. The van der Waals surface area contributed by atoms with E-state index in [4.69, 9.17) is 0 Å². The van der Waals surface area contributed by atoms with Gasteiger partial charge in [-0.15, -0.1) is 0 Å². The number of aliphatic hydroxyl groups is 1. The van der Waals surface area contributed by atoms with Gasteiger partial charge < -0.3 is 15.5 Å². The van der Waals surface area contributed by atoms with Gasteiger partial charge >= 0.3 is 0 Å². The van der Waals surface area contributed by atoms with Crippen molar-refractivity contribution >= 4 is 5.91 Å². The van der Waals surface area contributed by atoms with Gasteiger partial charge in [0.25, 0.3) is 0 Å². The number of hydrogen-bond donors (Lipinski definition) is 3. The summed E-state index contributed by atoms with van der Waals surface area (Å²) >= 11 is 0. The maximum absolute atomic E-state index is 13.1. The standard InChI is InChI=1S/C22H31NO3/c1-2-20-10-17-11-21(13-20,15-22(26,12-17)14-20)19(25)23-9-3-4-16-5-7-18(24)8-6-16/h5-8,17,24,26H,2-4,9-15H2,1H3,(H,23,25)/t17-,20+,21-,22-/m1/s1. The molecule has 0 unspecified atom stereocenters. The van der Waals surface area contributed by atoms with Crippen molar-refractivity contribution in [2.45, 2.75) is 70.3 Å². The highest BCUT2D eigenvalue weighted by Gasteiger charge is 2.64. The molecule has 0 radical (unpaired) electrons. The number of rotatable bonds is 6. The van der Waals surface area contributed by atoms with Crippen LogP contribution in [0.2, 0.25) is 0 Å². The van der Waals surface area contributed by atoms with E-state index in [1.165, 1.54) is 12.0 Å². The van der Waals surface area contributed by atoms with Crippen LogP contribution in [0.4, 0.5) is 0 Å². The molecule has 0 saturated heterocycles. The summed E-state index contributed by atoms with van der Waals surface area (Å²) < 4.78 is 0. The summed E-state index contributed by atoms with van der Waals surface area (Å²) in [6.07, 6.45) is 8.40. The van der Waals surface area contributed by atoms with Crippen LogP contribution in [0.5, 0.6) is 5.75 Å². The summed E-state index contributed by atoms with van der Waals surface area (Å²) in [5.74, 6) is 0.967. The molecule has 0 aromatic heterocycles. The molecule has 26 heavy (non-hydrogen) atoms. The van der Waals surface area contributed by atoms with Gasteiger partial charge in [-0.3, -0.25) is 4.79 Å². The van der Waals surface area contributed by atoms with Crippen LogP contribution in [0.25, 0.3) is 0 Å². The fourth-order valence-electron chi connectivity index (χ4n) is 6.58. The summed E-state index contributed by atoms with van der Waals surface area (Å²) in [6.45, 7) is 2.89. The van der Waals surface area contributed by atoms with E-state index in [9.17, 15) is 15.0 Å². The van der Waals surface area contributed by atoms with E-state index in [-0.39, 0.29) is 22.5 Å². The smallest absolute Gasteiger partial charge is 0.226 e. The van der Waals surface area contributed by atoms with E-state index in [0.717, 1.165) is 44.9 Å². The van der Waals surface area contributed by atoms with Gasteiger partial charge in [-0.25, -0.2) is 0 Å². The Kier molecular flexibility index (Phi) is 4.30. The summed E-state index contributed by atoms with van der Waals surface area (Å²) in [6, 6.07) is 7.26. The van der Waals surface area contributed by atoms with Gasteiger partial charge in [-0.2, -0.15) is 0 Å². The summed E-state index contributed by atoms with van der Waals surface area (Å²) in [5, 5.41) is 23.6. The Morgan fingerprint density at radius 3 is 2.62 bits per heavy atom. The first-order chi connectivity index (χ1) is 12.4. The van der Waals surface area contributed by atoms with E-state index in [1.54, 1.807) is 12.1 Å². The van der Waals surface area contributed by atoms with Gasteiger partial charge in [-0.05, 0) is 80.4 Å². The van der Waals surface area contributed by atoms with Crippen LogP contribution in [0, 0.1) is 16.7 Å². The molecule has 0 aliphatic heterocycles. The minimum absolute atomic E-state index is 0.170. The largest absolute Gasteiger partial charge is 0.508 e. The minimum atomic E-state index is -0.612. The molecule has 0 heterocycles. The molecule has 1 aromatic carbocycles. The third-order valence-electron chi connectivity index (χ3n) is 7.25. The lowest BCUT2D eigenvalue weighted by atomic mass is 9.42. The summed E-state index contributed by atoms with van der Waals surface area (Å²) in [5.41, 5.74) is 0.394. The minimum Gasteiger partial charge on any atom is -0.508 e. The monoisotopic (exact) mass is 357 g/mol. The van der Waals surface area contributed by atoms with Crippen molar-refractivity contribution in [3.05, 3.63) is 29.8 Å². The zero-order valence-electron chi connectivity index (χ0n) is 15.8. The number of carbonyl (C=O) groups excluding carboxylic acids is 1. The second-order valence-electron chi connectivity index (χ2n) is 9.39. The van der Waals surface area contributed by atoms with E-state index in [1.807, 2.05) is 12.1 Å². The van der Waals surface area contributed by atoms with Gasteiger partial charge in [-0.1, -0.05) is 25.5 Å². The van der Waals surface area contributed by atoms with Crippen molar-refractivity contribution in [2.24, 2.45) is 16.7 Å². The van der Waals surface area contributed by atoms with Gasteiger partial charge in [0, 0.05) is 6.54 Å². The molecule has 4 bridgehead atoms. The second kappa shape index (κ2) is 6.26. The molecule has 3 N–H and O–H groups in total. The van der Waals surface area contributed by atoms with Crippen LogP contribution in [0.3, 0.4) is 0 Å². The fraction of sp³-hybridized carbons (Fsp3) is 0.682. The van der Waals surface area contributed by atoms with Crippen LogP contribution in [0.1, 0.15) is 63.9 Å². The van der Waals surface area contributed by atoms with Crippen LogP contribution in [-0.2, 0) is 11.2 Å². The van der Waals surface area contributed by atoms with E-state index in [0.29, 0.717) is 18.9 Å². The van der Waals surface area contributed by atoms with E-state index in [2.05, 4.69) is 12.2 Å². The average molecular weight is 357 g/mol. The third kappa shape index (κ3) is 3.13. The molecule has 4 heteroatoms. The Morgan fingerprint density at radius 1 is 1.15 bits per heavy atom. The average Bonchev–Trinajstić information content (AvgIpc) is 2.58. The molecule has 4 fully saturated rings. The van der Waals surface area contributed by atoms with Gasteiger partial charge in [0.1, 0.15) is 5.75 Å². The van der Waals surface area contributed by atoms with Crippen LogP contribution >= 0.6 is 0 Å². The lowest BCUT2D eigenvalue weighted by Crippen LogP contribution is -2.63.